The van der Waals surface area contributed by atoms with Crippen LogP contribution in [0.25, 0.3) is 0 Å². The summed E-state index contributed by atoms with van der Waals surface area (Å²) in [5.41, 5.74) is 3.65. The molecule has 3 aliphatic rings. The molecule has 0 amide bonds. The van der Waals surface area contributed by atoms with Gasteiger partial charge in [0.05, 0.1) is 5.76 Å². The topological polar surface area (TPSA) is 9.23 Å². The fourth-order valence-electron chi connectivity index (χ4n) is 5.96. The van der Waals surface area contributed by atoms with E-state index in [0.717, 1.165) is 36.6 Å². The summed E-state index contributed by atoms with van der Waals surface area (Å²) in [4.78, 5) is 0. The summed E-state index contributed by atoms with van der Waals surface area (Å²) < 4.78 is 96.0. The first-order chi connectivity index (χ1) is 17.1. The molecule has 1 spiro atoms. The Balaban J connectivity index is 0.000000586. The summed E-state index contributed by atoms with van der Waals surface area (Å²) in [6.07, 6.45) is -2.52. The van der Waals surface area contributed by atoms with Gasteiger partial charge in [-0.25, -0.2) is 17.6 Å². The second kappa shape index (κ2) is 9.86. The normalized spacial score (nSPS) is 25.8. The lowest BCUT2D eigenvalue weighted by Gasteiger charge is -2.40. The standard InChI is InChI=1S/C26H26F4OS.C2H3F3/c1-14(2)31-24-22-15(3)5-6-17(19(22)13-26(24,29)30)18-7-9-25(8-4-10-32-25)20-11-16(27)12-21(28)23(18)20;1-2(3,4)5/h5-6,11-12,18,24H,1,4,7-10,13H2,2-3H3;1H3. The number of ether oxygens (including phenoxy) is 1. The third kappa shape index (κ3) is 5.52. The third-order valence-electron chi connectivity index (χ3n) is 7.24. The van der Waals surface area contributed by atoms with Gasteiger partial charge < -0.3 is 4.74 Å². The van der Waals surface area contributed by atoms with E-state index in [0.29, 0.717) is 34.2 Å². The van der Waals surface area contributed by atoms with Crippen LogP contribution in [0.4, 0.5) is 30.7 Å². The lowest BCUT2D eigenvalue weighted by Crippen LogP contribution is -2.29. The monoisotopic (exact) mass is 546 g/mol. The number of halogens is 7. The maximum Gasteiger partial charge on any atom is 0.386 e. The number of hydrogen-bond acceptors (Lipinski definition) is 2. The zero-order chi connectivity index (χ0) is 27.3. The number of benzene rings is 2. The highest BCUT2D eigenvalue weighted by atomic mass is 32.2. The minimum atomic E-state index is -4.00. The first-order valence-corrected chi connectivity index (χ1v) is 13.1. The van der Waals surface area contributed by atoms with E-state index in [2.05, 4.69) is 6.58 Å². The second-order valence-electron chi connectivity index (χ2n) is 10.2. The molecule has 1 heterocycles. The summed E-state index contributed by atoms with van der Waals surface area (Å²) in [6, 6.07) is 6.07. The van der Waals surface area contributed by atoms with Crippen molar-refractivity contribution in [2.24, 2.45) is 0 Å². The summed E-state index contributed by atoms with van der Waals surface area (Å²) in [5, 5.41) is 0. The van der Waals surface area contributed by atoms with E-state index < -0.39 is 36.3 Å². The Hall–Kier alpha value is -2.16. The molecule has 5 rings (SSSR count). The van der Waals surface area contributed by atoms with Gasteiger partial charge in [-0.15, -0.1) is 0 Å². The predicted molar refractivity (Wildman–Crippen MR) is 131 cm³/mol. The van der Waals surface area contributed by atoms with E-state index in [1.54, 1.807) is 25.6 Å². The number of alkyl halides is 5. The highest BCUT2D eigenvalue weighted by Gasteiger charge is 2.52. The number of thioether (sulfide) groups is 1. The fraction of sp³-hybridized carbons (Fsp3) is 0.500. The molecular weight excluding hydrogens is 517 g/mol. The van der Waals surface area contributed by atoms with Gasteiger partial charge in [0.2, 0.25) is 0 Å². The van der Waals surface area contributed by atoms with Crippen LogP contribution >= 0.6 is 11.8 Å². The molecule has 3 unspecified atom stereocenters. The molecule has 1 saturated heterocycles. The van der Waals surface area contributed by atoms with Gasteiger partial charge in [-0.3, -0.25) is 0 Å². The van der Waals surface area contributed by atoms with E-state index in [9.17, 15) is 17.6 Å². The van der Waals surface area contributed by atoms with Gasteiger partial charge in [-0.2, -0.15) is 24.9 Å². The maximum absolute atomic E-state index is 15.3. The van der Waals surface area contributed by atoms with Gasteiger partial charge in [-0.05, 0) is 73.6 Å². The Kier molecular flexibility index (Phi) is 7.42. The largest absolute Gasteiger partial charge is 0.485 e. The smallest absolute Gasteiger partial charge is 0.386 e. The van der Waals surface area contributed by atoms with Crippen LogP contribution in [0.5, 0.6) is 0 Å². The molecule has 9 heteroatoms. The Bertz CT molecular complexity index is 1190. The van der Waals surface area contributed by atoms with Crippen molar-refractivity contribution in [2.45, 2.75) is 81.7 Å². The first kappa shape index (κ1) is 27.9. The van der Waals surface area contributed by atoms with Crippen molar-refractivity contribution < 1.29 is 35.5 Å². The maximum atomic E-state index is 15.3. The van der Waals surface area contributed by atoms with E-state index in [4.69, 9.17) is 4.74 Å². The van der Waals surface area contributed by atoms with Crippen molar-refractivity contribution in [1.82, 2.24) is 0 Å². The Morgan fingerprint density at radius 3 is 2.38 bits per heavy atom. The quantitative estimate of drug-likeness (QED) is 0.280. The van der Waals surface area contributed by atoms with Crippen LogP contribution in [0.1, 0.15) is 84.9 Å². The molecule has 0 saturated carbocycles. The summed E-state index contributed by atoms with van der Waals surface area (Å²) in [7, 11) is 0. The van der Waals surface area contributed by atoms with Gasteiger partial charge in [0, 0.05) is 41.2 Å². The van der Waals surface area contributed by atoms with Crippen LogP contribution in [0.2, 0.25) is 0 Å². The molecule has 202 valence electrons. The minimum absolute atomic E-state index is 0.188. The number of rotatable bonds is 3. The molecule has 37 heavy (non-hydrogen) atoms. The molecule has 1 fully saturated rings. The molecule has 0 aromatic heterocycles. The molecule has 0 N–H and O–H groups in total. The van der Waals surface area contributed by atoms with Gasteiger partial charge >= 0.3 is 6.18 Å². The number of allylic oxidation sites excluding steroid dienone is 1. The van der Waals surface area contributed by atoms with E-state index in [1.165, 1.54) is 6.07 Å². The average molecular weight is 547 g/mol. The van der Waals surface area contributed by atoms with Crippen LogP contribution in [0.15, 0.2) is 36.6 Å². The van der Waals surface area contributed by atoms with Crippen molar-refractivity contribution in [1.29, 1.82) is 0 Å². The molecular formula is C28H29F7OS. The number of aryl methyl sites for hydroxylation is 1. The van der Waals surface area contributed by atoms with Crippen molar-refractivity contribution in [3.63, 3.8) is 0 Å². The molecule has 2 aromatic carbocycles. The molecule has 0 bridgehead atoms. The van der Waals surface area contributed by atoms with Crippen LogP contribution in [0.3, 0.4) is 0 Å². The molecule has 0 radical (unpaired) electrons. The Morgan fingerprint density at radius 2 is 1.78 bits per heavy atom. The van der Waals surface area contributed by atoms with Gasteiger partial charge in [0.25, 0.3) is 5.92 Å². The van der Waals surface area contributed by atoms with E-state index >= 15 is 13.2 Å². The molecule has 1 aliphatic heterocycles. The Labute approximate surface area is 216 Å². The lowest BCUT2D eigenvalue weighted by atomic mass is 9.70. The average Bonchev–Trinajstić information content (AvgIpc) is 3.31. The highest BCUT2D eigenvalue weighted by Crippen LogP contribution is 2.59. The third-order valence-corrected chi connectivity index (χ3v) is 8.91. The summed E-state index contributed by atoms with van der Waals surface area (Å²) in [6.45, 7) is 7.20. The summed E-state index contributed by atoms with van der Waals surface area (Å²) >= 11 is 1.77. The van der Waals surface area contributed by atoms with Crippen molar-refractivity contribution in [3.8, 4) is 0 Å². The minimum Gasteiger partial charge on any atom is -0.485 e. The fourth-order valence-corrected chi connectivity index (χ4v) is 7.52. The zero-order valence-electron chi connectivity index (χ0n) is 20.9. The first-order valence-electron chi connectivity index (χ1n) is 12.2. The van der Waals surface area contributed by atoms with Crippen LogP contribution < -0.4 is 0 Å². The van der Waals surface area contributed by atoms with Crippen LogP contribution in [-0.4, -0.2) is 17.9 Å². The summed E-state index contributed by atoms with van der Waals surface area (Å²) in [5.74, 6) is -3.42. The number of fused-ring (bicyclic) bond motifs is 3. The molecule has 2 aliphatic carbocycles. The highest BCUT2D eigenvalue weighted by molar-refractivity contribution is 8.00. The van der Waals surface area contributed by atoms with Gasteiger partial charge in [-0.1, -0.05) is 18.7 Å². The van der Waals surface area contributed by atoms with Crippen molar-refractivity contribution in [2.75, 3.05) is 5.75 Å². The van der Waals surface area contributed by atoms with Crippen molar-refractivity contribution >= 4 is 11.8 Å². The van der Waals surface area contributed by atoms with Crippen molar-refractivity contribution in [3.05, 3.63) is 81.6 Å². The SMILES string of the molecule is C=C(C)OC1c2c(C)ccc(C3CCC4(CCCS4)c4cc(F)cc(F)c43)c2CC1(F)F.CC(F)(F)F. The second-order valence-corrected chi connectivity index (χ2v) is 11.6. The van der Waals surface area contributed by atoms with E-state index in [-0.39, 0.29) is 23.3 Å². The Morgan fingerprint density at radius 1 is 1.11 bits per heavy atom. The van der Waals surface area contributed by atoms with Crippen LogP contribution in [0, 0.1) is 18.6 Å². The van der Waals surface area contributed by atoms with Gasteiger partial charge in [0.15, 0.2) is 6.10 Å². The van der Waals surface area contributed by atoms with Crippen LogP contribution in [-0.2, 0) is 15.9 Å². The number of hydrogen-bond donors (Lipinski definition) is 0. The van der Waals surface area contributed by atoms with Gasteiger partial charge in [0.1, 0.15) is 11.6 Å². The molecule has 3 atom stereocenters. The molecule has 2 aromatic rings. The predicted octanol–water partition coefficient (Wildman–Crippen LogP) is 9.27. The van der Waals surface area contributed by atoms with E-state index in [1.807, 2.05) is 12.1 Å². The molecule has 1 nitrogen and oxygen atoms in total. The zero-order valence-corrected chi connectivity index (χ0v) is 21.7. The lowest BCUT2D eigenvalue weighted by molar-refractivity contribution is -0.110.